The van der Waals surface area contributed by atoms with Crippen LogP contribution in [0.3, 0.4) is 0 Å². The number of benzene rings is 1. The predicted molar refractivity (Wildman–Crippen MR) is 56.6 cm³/mol. The molecule has 5 heteroatoms. The Bertz CT molecular complexity index is 533. The largest absolute Gasteiger partial charge is 0.469 e. The number of aromatic nitrogens is 2. The van der Waals surface area contributed by atoms with Crippen molar-refractivity contribution in [2.24, 2.45) is 0 Å². The Morgan fingerprint density at radius 3 is 2.76 bits per heavy atom. The highest BCUT2D eigenvalue weighted by Gasteiger charge is 2.26. The summed E-state index contributed by atoms with van der Waals surface area (Å²) in [5.74, 6) is -0.588. The first-order valence-electron chi connectivity index (χ1n) is 5.38. The summed E-state index contributed by atoms with van der Waals surface area (Å²) in [6.07, 6.45) is 1.53. The summed E-state index contributed by atoms with van der Waals surface area (Å²) in [5.41, 5.74) is -0.0000463. The number of hydrogen-bond acceptors (Lipinski definition) is 2. The zero-order chi connectivity index (χ0) is 11.8. The highest BCUT2D eigenvalue weighted by Crippen LogP contribution is 2.32. The van der Waals surface area contributed by atoms with Crippen LogP contribution in [0.15, 0.2) is 30.5 Å². The maximum absolute atomic E-state index is 13.6. The average Bonchev–Trinajstić information content (AvgIpc) is 2.76. The van der Waals surface area contributed by atoms with Gasteiger partial charge in [0.05, 0.1) is 11.8 Å². The molecule has 0 spiro atoms. The molecule has 0 aliphatic carbocycles. The average molecular weight is 236 g/mol. The van der Waals surface area contributed by atoms with E-state index in [1.807, 2.05) is 0 Å². The summed E-state index contributed by atoms with van der Waals surface area (Å²) in [7, 11) is 0. The van der Waals surface area contributed by atoms with Gasteiger partial charge in [0, 0.05) is 19.0 Å². The summed E-state index contributed by atoms with van der Waals surface area (Å²) < 4.78 is 34.4. The van der Waals surface area contributed by atoms with E-state index in [1.165, 1.54) is 18.2 Å². The first-order valence-corrected chi connectivity index (χ1v) is 5.38. The molecule has 0 amide bonds. The van der Waals surface area contributed by atoms with Crippen molar-refractivity contribution in [1.29, 1.82) is 0 Å². The first-order chi connectivity index (χ1) is 8.25. The molecule has 1 unspecified atom stereocenters. The predicted octanol–water partition coefficient (Wildman–Crippen LogP) is 2.69. The number of halogens is 2. The van der Waals surface area contributed by atoms with E-state index in [2.05, 4.69) is 5.10 Å². The van der Waals surface area contributed by atoms with Gasteiger partial charge in [-0.2, -0.15) is 5.10 Å². The van der Waals surface area contributed by atoms with E-state index in [4.69, 9.17) is 4.74 Å². The molecule has 3 rings (SSSR count). The molecule has 0 N–H and O–H groups in total. The SMILES string of the molecule is Fc1cccc(F)c1C1CCn2nccc2O1. The minimum atomic E-state index is -0.583. The third kappa shape index (κ3) is 1.67. The second-order valence-electron chi connectivity index (χ2n) is 3.92. The fourth-order valence-electron chi connectivity index (χ4n) is 2.05. The lowest BCUT2D eigenvalue weighted by atomic mass is 10.0. The monoisotopic (exact) mass is 236 g/mol. The lowest BCUT2D eigenvalue weighted by Gasteiger charge is -2.25. The third-order valence-corrected chi connectivity index (χ3v) is 2.87. The topological polar surface area (TPSA) is 27.1 Å². The molecule has 2 aromatic rings. The molecule has 0 bridgehead atoms. The van der Waals surface area contributed by atoms with E-state index in [-0.39, 0.29) is 5.56 Å². The third-order valence-electron chi connectivity index (χ3n) is 2.87. The molecule has 1 aromatic heterocycles. The molecule has 1 atom stereocenters. The Balaban J connectivity index is 1.97. The highest BCUT2D eigenvalue weighted by molar-refractivity contribution is 5.24. The van der Waals surface area contributed by atoms with Crippen LogP contribution in [0.25, 0.3) is 0 Å². The van der Waals surface area contributed by atoms with Gasteiger partial charge in [-0.3, -0.25) is 0 Å². The van der Waals surface area contributed by atoms with Crippen LogP contribution >= 0.6 is 0 Å². The van der Waals surface area contributed by atoms with Gasteiger partial charge >= 0.3 is 0 Å². The summed E-state index contributed by atoms with van der Waals surface area (Å²) in [4.78, 5) is 0. The van der Waals surface area contributed by atoms with Gasteiger partial charge < -0.3 is 4.74 Å². The van der Waals surface area contributed by atoms with Crippen molar-refractivity contribution in [3.8, 4) is 5.88 Å². The van der Waals surface area contributed by atoms with Gasteiger partial charge in [-0.05, 0) is 12.1 Å². The van der Waals surface area contributed by atoms with E-state index in [0.29, 0.717) is 18.8 Å². The Morgan fingerprint density at radius 1 is 1.24 bits per heavy atom. The molecule has 88 valence electrons. The number of aryl methyl sites for hydroxylation is 1. The van der Waals surface area contributed by atoms with Crippen molar-refractivity contribution in [2.75, 3.05) is 0 Å². The van der Waals surface area contributed by atoms with Crippen molar-refractivity contribution in [1.82, 2.24) is 9.78 Å². The van der Waals surface area contributed by atoms with Crippen LogP contribution in [-0.4, -0.2) is 9.78 Å². The molecule has 0 radical (unpaired) electrons. The zero-order valence-electron chi connectivity index (χ0n) is 8.94. The summed E-state index contributed by atoms with van der Waals surface area (Å²) in [6, 6.07) is 5.52. The molecule has 0 fully saturated rings. The molecule has 2 heterocycles. The van der Waals surface area contributed by atoms with Crippen molar-refractivity contribution < 1.29 is 13.5 Å². The van der Waals surface area contributed by atoms with Crippen LogP contribution in [0.4, 0.5) is 8.78 Å². The van der Waals surface area contributed by atoms with Crippen molar-refractivity contribution >= 4 is 0 Å². The van der Waals surface area contributed by atoms with Crippen LogP contribution in [0.5, 0.6) is 5.88 Å². The molecular formula is C12H10F2N2O. The quantitative estimate of drug-likeness (QED) is 0.761. The van der Waals surface area contributed by atoms with Gasteiger partial charge in [0.1, 0.15) is 17.7 Å². The number of nitrogens with zero attached hydrogens (tertiary/aromatic N) is 2. The summed E-state index contributed by atoms with van der Waals surface area (Å²) in [5, 5.41) is 4.03. The first kappa shape index (κ1) is 10.3. The molecule has 3 nitrogen and oxygen atoms in total. The fraction of sp³-hybridized carbons (Fsp3) is 0.250. The second kappa shape index (κ2) is 3.84. The standard InChI is InChI=1S/C12H10F2N2O/c13-8-2-1-3-9(14)12(8)10-5-7-16-11(17-10)4-6-15-16/h1-4,6,10H,5,7H2. The van der Waals surface area contributed by atoms with Gasteiger partial charge in [-0.15, -0.1) is 0 Å². The normalized spacial score (nSPS) is 18.6. The summed E-state index contributed by atoms with van der Waals surface area (Å²) in [6.45, 7) is 0.598. The van der Waals surface area contributed by atoms with Gasteiger partial charge in [0.2, 0.25) is 5.88 Å². The van der Waals surface area contributed by atoms with Crippen LogP contribution in [0, 0.1) is 11.6 Å². The van der Waals surface area contributed by atoms with Gasteiger partial charge in [-0.25, -0.2) is 13.5 Å². The Kier molecular flexibility index (Phi) is 2.31. The van der Waals surface area contributed by atoms with Crippen molar-refractivity contribution in [2.45, 2.75) is 19.1 Å². The van der Waals surface area contributed by atoms with E-state index in [9.17, 15) is 8.78 Å². The Morgan fingerprint density at radius 2 is 2.00 bits per heavy atom. The van der Waals surface area contributed by atoms with Crippen LogP contribution in [-0.2, 0) is 6.54 Å². The van der Waals surface area contributed by atoms with Crippen LogP contribution in [0.1, 0.15) is 18.1 Å². The minimum absolute atomic E-state index is 0.0000463. The Hall–Kier alpha value is -1.91. The van der Waals surface area contributed by atoms with E-state index >= 15 is 0 Å². The van der Waals surface area contributed by atoms with E-state index in [1.54, 1.807) is 16.9 Å². The number of ether oxygens (including phenoxy) is 1. The lowest BCUT2D eigenvalue weighted by molar-refractivity contribution is 0.127. The number of hydrogen-bond donors (Lipinski definition) is 0. The van der Waals surface area contributed by atoms with Crippen molar-refractivity contribution in [3.05, 3.63) is 47.7 Å². The second-order valence-corrected chi connectivity index (χ2v) is 3.92. The van der Waals surface area contributed by atoms with E-state index < -0.39 is 17.7 Å². The molecular weight excluding hydrogens is 226 g/mol. The molecule has 0 saturated heterocycles. The summed E-state index contributed by atoms with van der Waals surface area (Å²) >= 11 is 0. The Labute approximate surface area is 96.6 Å². The van der Waals surface area contributed by atoms with Gasteiger partial charge in [0.25, 0.3) is 0 Å². The van der Waals surface area contributed by atoms with Crippen molar-refractivity contribution in [3.63, 3.8) is 0 Å². The molecule has 1 aliphatic heterocycles. The van der Waals surface area contributed by atoms with Gasteiger partial charge in [-0.1, -0.05) is 6.07 Å². The lowest BCUT2D eigenvalue weighted by Crippen LogP contribution is -2.21. The van der Waals surface area contributed by atoms with Crippen LogP contribution < -0.4 is 4.74 Å². The van der Waals surface area contributed by atoms with E-state index in [0.717, 1.165) is 0 Å². The van der Waals surface area contributed by atoms with Gasteiger partial charge in [0.15, 0.2) is 0 Å². The molecule has 1 aromatic carbocycles. The minimum Gasteiger partial charge on any atom is -0.469 e. The molecule has 1 aliphatic rings. The smallest absolute Gasteiger partial charge is 0.212 e. The zero-order valence-corrected chi connectivity index (χ0v) is 8.94. The molecule has 0 saturated carbocycles. The maximum atomic E-state index is 13.6. The fourth-order valence-corrected chi connectivity index (χ4v) is 2.05. The number of rotatable bonds is 1. The number of fused-ring (bicyclic) bond motifs is 1. The molecule has 17 heavy (non-hydrogen) atoms. The van der Waals surface area contributed by atoms with Crippen LogP contribution in [0.2, 0.25) is 0 Å². The maximum Gasteiger partial charge on any atom is 0.212 e. The highest BCUT2D eigenvalue weighted by atomic mass is 19.1.